The maximum absolute atomic E-state index is 12.8. The molecule has 0 bridgehead atoms. The monoisotopic (exact) mass is 284 g/mol. The Morgan fingerprint density at radius 2 is 2.30 bits per heavy atom. The average molecular weight is 284 g/mol. The van der Waals surface area contributed by atoms with Crippen LogP contribution in [0.3, 0.4) is 0 Å². The second-order valence-electron chi connectivity index (χ2n) is 4.25. The minimum Gasteiger partial charge on any atom is -0.493 e. The highest BCUT2D eigenvalue weighted by atomic mass is 19.1. The summed E-state index contributed by atoms with van der Waals surface area (Å²) in [7, 11) is 0. The lowest BCUT2D eigenvalue weighted by molar-refractivity contribution is -0.0595. The number of alkyl halides is 1. The quantitative estimate of drug-likeness (QED) is 0.574. The van der Waals surface area contributed by atoms with Crippen molar-refractivity contribution in [2.45, 2.75) is 18.8 Å². The van der Waals surface area contributed by atoms with E-state index in [-0.39, 0.29) is 18.6 Å². The maximum Gasteiger partial charge on any atom is 0.508 e. The molecule has 7 nitrogen and oxygen atoms in total. The van der Waals surface area contributed by atoms with E-state index in [0.717, 1.165) is 0 Å². The van der Waals surface area contributed by atoms with E-state index >= 15 is 0 Å². The first kappa shape index (κ1) is 13.9. The average Bonchev–Trinajstić information content (AvgIpc) is 2.37. The first-order valence-electron chi connectivity index (χ1n) is 5.78. The van der Waals surface area contributed by atoms with Gasteiger partial charge in [0.2, 0.25) is 5.72 Å². The zero-order valence-corrected chi connectivity index (χ0v) is 10.4. The van der Waals surface area contributed by atoms with Crippen LogP contribution in [0.4, 0.5) is 14.0 Å². The second kappa shape index (κ2) is 5.24. The van der Waals surface area contributed by atoms with Gasteiger partial charge in [-0.25, -0.2) is 14.0 Å². The summed E-state index contributed by atoms with van der Waals surface area (Å²) in [5, 5.41) is 11.1. The van der Waals surface area contributed by atoms with Crippen LogP contribution >= 0.6 is 0 Å². The first-order valence-corrected chi connectivity index (χ1v) is 5.78. The summed E-state index contributed by atoms with van der Waals surface area (Å²) in [5.74, 6) is 0.309. The van der Waals surface area contributed by atoms with Gasteiger partial charge in [0.1, 0.15) is 12.4 Å². The lowest BCUT2D eigenvalue weighted by Crippen LogP contribution is -2.53. The molecule has 0 radical (unpaired) electrons. The van der Waals surface area contributed by atoms with Crippen LogP contribution in [0.15, 0.2) is 18.2 Å². The minimum absolute atomic E-state index is 0.0327. The molecule has 1 heterocycles. The molecule has 1 atom stereocenters. The highest BCUT2D eigenvalue weighted by Crippen LogP contribution is 2.38. The Morgan fingerprint density at radius 3 is 2.90 bits per heavy atom. The molecule has 0 fully saturated rings. The van der Waals surface area contributed by atoms with Crippen molar-refractivity contribution in [3.63, 3.8) is 0 Å². The fourth-order valence-electron chi connectivity index (χ4n) is 2.15. The smallest absolute Gasteiger partial charge is 0.493 e. The number of benzene rings is 1. The molecule has 0 aromatic heterocycles. The Labute approximate surface area is 113 Å². The first-order chi connectivity index (χ1) is 9.47. The molecule has 1 aliphatic heterocycles. The summed E-state index contributed by atoms with van der Waals surface area (Å²) < 4.78 is 22.9. The van der Waals surface area contributed by atoms with E-state index in [1.807, 2.05) is 0 Å². The predicted molar refractivity (Wildman–Crippen MR) is 64.9 cm³/mol. The van der Waals surface area contributed by atoms with E-state index in [1.54, 1.807) is 0 Å². The van der Waals surface area contributed by atoms with E-state index < -0.39 is 24.6 Å². The molecule has 0 saturated carbocycles. The van der Waals surface area contributed by atoms with Gasteiger partial charge < -0.3 is 20.3 Å². The third-order valence-electron chi connectivity index (χ3n) is 2.93. The number of hydrogen-bond donors (Lipinski definition) is 3. The molecule has 1 unspecified atom stereocenters. The van der Waals surface area contributed by atoms with E-state index in [0.29, 0.717) is 11.3 Å². The van der Waals surface area contributed by atoms with Crippen LogP contribution in [0.2, 0.25) is 0 Å². The van der Waals surface area contributed by atoms with Crippen molar-refractivity contribution < 1.29 is 28.6 Å². The molecule has 108 valence electrons. The number of nitrogens with one attached hydrogen (secondary N) is 1. The molecule has 0 saturated heterocycles. The van der Waals surface area contributed by atoms with Crippen molar-refractivity contribution in [1.82, 2.24) is 5.32 Å². The molecule has 0 spiro atoms. The number of fused-ring (bicyclic) bond motifs is 1. The van der Waals surface area contributed by atoms with Crippen molar-refractivity contribution in [2.24, 2.45) is 5.73 Å². The summed E-state index contributed by atoms with van der Waals surface area (Å²) in [6.45, 7) is -0.622. The van der Waals surface area contributed by atoms with Gasteiger partial charge in [0.25, 0.3) is 0 Å². The number of hydrogen-bond acceptors (Lipinski definition) is 4. The number of urea groups is 1. The van der Waals surface area contributed by atoms with E-state index in [4.69, 9.17) is 20.3 Å². The molecule has 20 heavy (non-hydrogen) atoms. The van der Waals surface area contributed by atoms with Crippen LogP contribution in [0.5, 0.6) is 5.75 Å². The van der Waals surface area contributed by atoms with Gasteiger partial charge in [-0.2, -0.15) is 0 Å². The predicted octanol–water partition coefficient (Wildman–Crippen LogP) is 1.45. The number of primary amides is 1. The number of carboxylic acid groups (broad SMARTS) is 1. The normalized spacial score (nSPS) is 20.4. The lowest BCUT2D eigenvalue weighted by atomic mass is 9.94. The number of carbonyl (C=O) groups is 2. The minimum atomic E-state index is -1.67. The van der Waals surface area contributed by atoms with Crippen LogP contribution in [0.25, 0.3) is 0 Å². The van der Waals surface area contributed by atoms with Crippen molar-refractivity contribution in [3.05, 3.63) is 29.3 Å². The van der Waals surface area contributed by atoms with Gasteiger partial charge in [0.15, 0.2) is 0 Å². The van der Waals surface area contributed by atoms with Gasteiger partial charge in [0, 0.05) is 6.42 Å². The van der Waals surface area contributed by atoms with Crippen molar-refractivity contribution in [1.29, 1.82) is 0 Å². The van der Waals surface area contributed by atoms with Gasteiger partial charge in [0.05, 0.1) is 12.2 Å². The van der Waals surface area contributed by atoms with Crippen LogP contribution in [0, 0.1) is 0 Å². The maximum atomic E-state index is 12.8. The fourth-order valence-corrected chi connectivity index (χ4v) is 2.15. The van der Waals surface area contributed by atoms with Gasteiger partial charge in [-0.3, -0.25) is 5.32 Å². The Bertz CT molecular complexity index is 533. The zero-order valence-electron chi connectivity index (χ0n) is 10.4. The number of rotatable bonds is 3. The third kappa shape index (κ3) is 2.58. The molecule has 2 amide bonds. The SMILES string of the molecule is NC(=O)NC1(OC(=O)O)CCOc2ccc(CF)cc21. The van der Waals surface area contributed by atoms with E-state index in [1.165, 1.54) is 18.2 Å². The molecule has 8 heteroatoms. The summed E-state index contributed by atoms with van der Waals surface area (Å²) in [4.78, 5) is 22.0. The third-order valence-corrected chi connectivity index (χ3v) is 2.93. The molecule has 4 N–H and O–H groups in total. The summed E-state index contributed by atoms with van der Waals surface area (Å²) in [6.07, 6.45) is -1.55. The Hall–Kier alpha value is -2.51. The second-order valence-corrected chi connectivity index (χ2v) is 4.25. The summed E-state index contributed by atoms with van der Waals surface area (Å²) in [6, 6.07) is 3.42. The number of carbonyl (C=O) groups excluding carboxylic acids is 1. The highest BCUT2D eigenvalue weighted by molar-refractivity contribution is 5.73. The molecule has 1 aromatic carbocycles. The van der Waals surface area contributed by atoms with Crippen LogP contribution < -0.4 is 15.8 Å². The molecular weight excluding hydrogens is 271 g/mol. The largest absolute Gasteiger partial charge is 0.508 e. The standard InChI is InChI=1S/C12H13FN2O5/c13-6-7-1-2-9-8(5-7)12(3-4-19-9,15-10(14)16)20-11(17)18/h1-2,5H,3-4,6H2,(H,17,18)(H3,14,15,16). The lowest BCUT2D eigenvalue weighted by Gasteiger charge is -2.37. The van der Waals surface area contributed by atoms with Gasteiger partial charge in [-0.05, 0) is 17.7 Å². The summed E-state index contributed by atoms with van der Waals surface area (Å²) >= 11 is 0. The van der Waals surface area contributed by atoms with E-state index in [9.17, 15) is 14.0 Å². The van der Waals surface area contributed by atoms with Crippen molar-refractivity contribution in [2.75, 3.05) is 6.61 Å². The zero-order chi connectivity index (χ0) is 14.8. The number of halogens is 1. The number of nitrogens with two attached hydrogens (primary N) is 1. The van der Waals surface area contributed by atoms with Crippen LogP contribution in [-0.2, 0) is 17.1 Å². The Kier molecular flexibility index (Phi) is 3.64. The van der Waals surface area contributed by atoms with Crippen LogP contribution in [-0.4, -0.2) is 23.9 Å². The van der Waals surface area contributed by atoms with E-state index in [2.05, 4.69) is 5.32 Å². The topological polar surface area (TPSA) is 111 Å². The Morgan fingerprint density at radius 1 is 1.55 bits per heavy atom. The van der Waals surface area contributed by atoms with Crippen molar-refractivity contribution in [3.8, 4) is 5.75 Å². The van der Waals surface area contributed by atoms with Gasteiger partial charge in [-0.1, -0.05) is 6.07 Å². The van der Waals surface area contributed by atoms with Gasteiger partial charge >= 0.3 is 12.2 Å². The summed E-state index contributed by atoms with van der Waals surface area (Å²) in [5.41, 5.74) is 3.93. The van der Waals surface area contributed by atoms with Gasteiger partial charge in [-0.15, -0.1) is 0 Å². The molecule has 1 aliphatic rings. The molecular formula is C12H13FN2O5. The molecule has 2 rings (SSSR count). The fraction of sp³-hybridized carbons (Fsp3) is 0.333. The number of ether oxygens (including phenoxy) is 2. The molecule has 0 aliphatic carbocycles. The van der Waals surface area contributed by atoms with Crippen LogP contribution in [0.1, 0.15) is 17.5 Å². The van der Waals surface area contributed by atoms with Crippen molar-refractivity contribution >= 4 is 12.2 Å². The molecule has 1 aromatic rings. The number of amides is 2. The highest BCUT2D eigenvalue weighted by Gasteiger charge is 2.43. The Balaban J connectivity index is 2.53.